The molecule has 8 nitrogen and oxygen atoms in total. The largest absolute Gasteiger partial charge is 0.480 e. The van der Waals surface area contributed by atoms with Crippen LogP contribution in [0.5, 0.6) is 0 Å². The fraction of sp³-hybridized carbons (Fsp3) is 0.273. The number of carbonyl (C=O) groups is 2. The van der Waals surface area contributed by atoms with Crippen molar-refractivity contribution < 1.29 is 14.7 Å². The summed E-state index contributed by atoms with van der Waals surface area (Å²) < 4.78 is 1.23. The summed E-state index contributed by atoms with van der Waals surface area (Å²) in [5.74, 6) is -1.33. The Kier molecular flexibility index (Phi) is 3.60. The molecule has 0 aliphatic heterocycles. The molecular formula is C11H13N5O3. The number of aliphatic carboxylic acids is 1. The highest BCUT2D eigenvalue weighted by molar-refractivity contribution is 5.93. The number of hydrogen-bond donors (Lipinski definition) is 3. The fourth-order valence-corrected chi connectivity index (χ4v) is 1.44. The molecule has 2 aromatic rings. The van der Waals surface area contributed by atoms with E-state index in [4.69, 9.17) is 5.11 Å². The second-order valence-corrected chi connectivity index (χ2v) is 3.99. The van der Waals surface area contributed by atoms with Crippen LogP contribution in [0, 0.1) is 0 Å². The van der Waals surface area contributed by atoms with Crippen molar-refractivity contribution in [3.63, 3.8) is 0 Å². The summed E-state index contributed by atoms with van der Waals surface area (Å²) in [6.07, 6.45) is 4.33. The molecule has 2 heterocycles. The predicted molar refractivity (Wildman–Crippen MR) is 64.3 cm³/mol. The average molecular weight is 263 g/mol. The van der Waals surface area contributed by atoms with Gasteiger partial charge in [0.25, 0.3) is 5.91 Å². The number of carbonyl (C=O) groups excluding carboxylic acids is 1. The van der Waals surface area contributed by atoms with Gasteiger partial charge in [-0.3, -0.25) is 14.6 Å². The molecule has 0 fully saturated rings. The second-order valence-electron chi connectivity index (χ2n) is 3.99. The Bertz CT molecular complexity index is 575. The summed E-state index contributed by atoms with van der Waals surface area (Å²) in [4.78, 5) is 22.6. The summed E-state index contributed by atoms with van der Waals surface area (Å²) in [5.41, 5.74) is 1.09. The maximum atomic E-state index is 11.8. The maximum Gasteiger partial charge on any atom is 0.328 e. The van der Waals surface area contributed by atoms with Crippen LogP contribution < -0.4 is 5.32 Å². The van der Waals surface area contributed by atoms with E-state index in [1.165, 1.54) is 24.0 Å². The topological polar surface area (TPSA) is 113 Å². The lowest BCUT2D eigenvalue weighted by Gasteiger charge is -2.05. The van der Waals surface area contributed by atoms with Gasteiger partial charge in [0, 0.05) is 12.4 Å². The smallest absolute Gasteiger partial charge is 0.328 e. The molecule has 1 atom stereocenters. The van der Waals surface area contributed by atoms with Gasteiger partial charge in [-0.15, -0.1) is 0 Å². The molecule has 0 saturated carbocycles. The van der Waals surface area contributed by atoms with Gasteiger partial charge in [0.2, 0.25) is 0 Å². The van der Waals surface area contributed by atoms with Crippen LogP contribution in [-0.4, -0.2) is 37.0 Å². The third kappa shape index (κ3) is 2.97. The number of hydrogen-bond acceptors (Lipinski definition) is 4. The lowest BCUT2D eigenvalue weighted by molar-refractivity contribution is -0.140. The molecule has 0 spiro atoms. The zero-order valence-corrected chi connectivity index (χ0v) is 10.2. The fourth-order valence-electron chi connectivity index (χ4n) is 1.44. The van der Waals surface area contributed by atoms with Crippen molar-refractivity contribution in [3.05, 3.63) is 35.9 Å². The lowest BCUT2D eigenvalue weighted by atomic mass is 10.3. The molecule has 2 rings (SSSR count). The first-order valence-corrected chi connectivity index (χ1v) is 5.61. The zero-order chi connectivity index (χ0) is 13.8. The van der Waals surface area contributed by atoms with Crippen molar-refractivity contribution in [3.8, 4) is 0 Å². The quantitative estimate of drug-likeness (QED) is 0.712. The Morgan fingerprint density at radius 3 is 3.00 bits per heavy atom. The highest BCUT2D eigenvalue weighted by Gasteiger charge is 2.16. The van der Waals surface area contributed by atoms with Gasteiger partial charge in [-0.05, 0) is 13.0 Å². The van der Waals surface area contributed by atoms with Crippen LogP contribution in [0.25, 0.3) is 0 Å². The number of carboxylic acid groups (broad SMARTS) is 1. The molecule has 8 heteroatoms. The molecule has 1 amide bonds. The van der Waals surface area contributed by atoms with E-state index in [2.05, 4.69) is 20.6 Å². The van der Waals surface area contributed by atoms with Crippen LogP contribution in [0.1, 0.15) is 29.0 Å². The molecule has 19 heavy (non-hydrogen) atoms. The molecule has 2 aromatic heterocycles. The Morgan fingerprint density at radius 1 is 1.58 bits per heavy atom. The van der Waals surface area contributed by atoms with Crippen molar-refractivity contribution >= 4 is 11.9 Å². The van der Waals surface area contributed by atoms with E-state index in [-0.39, 0.29) is 5.91 Å². The first-order valence-electron chi connectivity index (χ1n) is 5.61. The summed E-state index contributed by atoms with van der Waals surface area (Å²) >= 11 is 0. The summed E-state index contributed by atoms with van der Waals surface area (Å²) in [7, 11) is 0. The monoisotopic (exact) mass is 263 g/mol. The van der Waals surface area contributed by atoms with Gasteiger partial charge in [-0.2, -0.15) is 10.2 Å². The van der Waals surface area contributed by atoms with Crippen molar-refractivity contribution in [1.29, 1.82) is 0 Å². The van der Waals surface area contributed by atoms with E-state index in [1.54, 1.807) is 12.3 Å². The number of rotatable bonds is 5. The number of nitrogens with zero attached hydrogens (tertiary/aromatic N) is 3. The first kappa shape index (κ1) is 12.8. The molecule has 100 valence electrons. The van der Waals surface area contributed by atoms with Gasteiger partial charge in [0.15, 0.2) is 0 Å². The van der Waals surface area contributed by atoms with Crippen LogP contribution in [0.3, 0.4) is 0 Å². The van der Waals surface area contributed by atoms with Gasteiger partial charge in [0.05, 0.1) is 24.0 Å². The average Bonchev–Trinajstić information content (AvgIpc) is 3.05. The number of aromatic amines is 1. The summed E-state index contributed by atoms with van der Waals surface area (Å²) in [6, 6.07) is 0.935. The number of aromatic nitrogens is 4. The van der Waals surface area contributed by atoms with Crippen molar-refractivity contribution in [1.82, 2.24) is 25.3 Å². The molecule has 0 radical (unpaired) electrons. The van der Waals surface area contributed by atoms with Crippen molar-refractivity contribution in [2.24, 2.45) is 0 Å². The molecule has 3 N–H and O–H groups in total. The minimum absolute atomic E-state index is 0.313. The van der Waals surface area contributed by atoms with Crippen molar-refractivity contribution in [2.45, 2.75) is 19.5 Å². The molecule has 0 aromatic carbocycles. The predicted octanol–water partition coefficient (Wildman–Crippen LogP) is 0.182. The van der Waals surface area contributed by atoms with E-state index in [0.29, 0.717) is 12.1 Å². The molecule has 0 aliphatic rings. The van der Waals surface area contributed by atoms with Gasteiger partial charge in [-0.25, -0.2) is 4.79 Å². The minimum Gasteiger partial charge on any atom is -0.480 e. The van der Waals surface area contributed by atoms with Gasteiger partial charge in [-0.1, -0.05) is 0 Å². The second kappa shape index (κ2) is 5.34. The number of nitrogens with one attached hydrogen (secondary N) is 2. The van der Waals surface area contributed by atoms with Crippen molar-refractivity contribution in [2.75, 3.05) is 0 Å². The Hall–Kier alpha value is -2.64. The van der Waals surface area contributed by atoms with E-state index in [1.807, 2.05) is 0 Å². The third-order valence-corrected chi connectivity index (χ3v) is 2.62. The SMILES string of the molecule is CC(C(=O)O)n1cc(C(=O)NCc2ccn[nH]2)cn1. The number of amides is 1. The van der Waals surface area contributed by atoms with Gasteiger partial charge >= 0.3 is 5.97 Å². The number of H-pyrrole nitrogens is 1. The van der Waals surface area contributed by atoms with E-state index in [9.17, 15) is 9.59 Å². The Balaban J connectivity index is 1.98. The molecular weight excluding hydrogens is 250 g/mol. The summed E-state index contributed by atoms with van der Waals surface area (Å²) in [6.45, 7) is 1.81. The van der Waals surface area contributed by atoms with E-state index >= 15 is 0 Å². The first-order chi connectivity index (χ1) is 9.08. The minimum atomic E-state index is -1.01. The molecule has 0 aliphatic carbocycles. The zero-order valence-electron chi connectivity index (χ0n) is 10.2. The lowest BCUT2D eigenvalue weighted by Crippen LogP contribution is -2.22. The van der Waals surface area contributed by atoms with Gasteiger partial charge in [0.1, 0.15) is 6.04 Å². The molecule has 0 saturated heterocycles. The highest BCUT2D eigenvalue weighted by atomic mass is 16.4. The Labute approximate surface area is 108 Å². The summed E-state index contributed by atoms with van der Waals surface area (Å²) in [5, 5.41) is 21.8. The molecule has 0 bridgehead atoms. The van der Waals surface area contributed by atoms with E-state index < -0.39 is 12.0 Å². The van der Waals surface area contributed by atoms with Crippen LogP contribution in [0.15, 0.2) is 24.7 Å². The van der Waals surface area contributed by atoms with Crippen LogP contribution in [0.2, 0.25) is 0 Å². The standard InChI is InChI=1S/C11H13N5O3/c1-7(11(18)19)16-6-8(4-14-16)10(17)12-5-9-2-3-13-15-9/h2-4,6-7H,5H2,1H3,(H,12,17)(H,13,15)(H,18,19). The third-order valence-electron chi connectivity index (χ3n) is 2.62. The van der Waals surface area contributed by atoms with Crippen LogP contribution >= 0.6 is 0 Å². The van der Waals surface area contributed by atoms with Crippen LogP contribution in [0.4, 0.5) is 0 Å². The Morgan fingerprint density at radius 2 is 2.37 bits per heavy atom. The van der Waals surface area contributed by atoms with Crippen LogP contribution in [-0.2, 0) is 11.3 Å². The van der Waals surface area contributed by atoms with E-state index in [0.717, 1.165) is 5.69 Å². The maximum absolute atomic E-state index is 11.8. The molecule has 1 unspecified atom stereocenters. The normalized spacial score (nSPS) is 12.1. The van der Waals surface area contributed by atoms with Gasteiger partial charge < -0.3 is 10.4 Å². The number of carboxylic acids is 1. The highest BCUT2D eigenvalue weighted by Crippen LogP contribution is 2.06.